The smallest absolute Gasteiger partial charge is 0.306 e. The van der Waals surface area contributed by atoms with Crippen LogP contribution in [-0.2, 0) is 4.79 Å². The van der Waals surface area contributed by atoms with Crippen molar-refractivity contribution in [3.05, 3.63) is 48.3 Å². The van der Waals surface area contributed by atoms with Crippen LogP contribution in [0.4, 0.5) is 0 Å². The predicted octanol–water partition coefficient (Wildman–Crippen LogP) is 1.38. The second-order valence-electron chi connectivity index (χ2n) is 3.67. The van der Waals surface area contributed by atoms with Gasteiger partial charge in [-0.15, -0.1) is 0 Å². The van der Waals surface area contributed by atoms with Gasteiger partial charge < -0.3 is 10.2 Å². The van der Waals surface area contributed by atoms with Gasteiger partial charge in [0, 0.05) is 11.8 Å². The third-order valence-electron chi connectivity index (χ3n) is 2.38. The molecule has 0 radical (unpaired) electrons. The van der Waals surface area contributed by atoms with Crippen LogP contribution < -0.4 is 0 Å². The summed E-state index contributed by atoms with van der Waals surface area (Å²) >= 11 is 0. The van der Waals surface area contributed by atoms with Gasteiger partial charge in [0.25, 0.3) is 0 Å². The molecule has 0 spiro atoms. The normalized spacial score (nSPS) is 12.3. The van der Waals surface area contributed by atoms with Gasteiger partial charge in [-0.25, -0.2) is 4.68 Å². The second kappa shape index (κ2) is 4.80. The molecule has 0 aliphatic carbocycles. The van der Waals surface area contributed by atoms with Crippen molar-refractivity contribution >= 4 is 5.97 Å². The van der Waals surface area contributed by atoms with Gasteiger partial charge in [0.05, 0.1) is 24.4 Å². The number of aliphatic hydroxyl groups is 1. The first-order valence-corrected chi connectivity index (χ1v) is 5.16. The number of hydrogen-bond donors (Lipinski definition) is 2. The summed E-state index contributed by atoms with van der Waals surface area (Å²) in [6.45, 7) is 0. The van der Waals surface area contributed by atoms with Crippen molar-refractivity contribution in [1.29, 1.82) is 0 Å². The van der Waals surface area contributed by atoms with Crippen molar-refractivity contribution in [2.24, 2.45) is 0 Å². The number of carboxylic acid groups (broad SMARTS) is 1. The molecular formula is C12H12N2O3. The quantitative estimate of drug-likeness (QED) is 0.835. The lowest BCUT2D eigenvalue weighted by atomic mass is 10.1. The summed E-state index contributed by atoms with van der Waals surface area (Å²) in [6.07, 6.45) is 1.76. The maximum absolute atomic E-state index is 10.5. The molecule has 0 saturated heterocycles. The Hall–Kier alpha value is -2.14. The van der Waals surface area contributed by atoms with Crippen LogP contribution in [0, 0.1) is 0 Å². The summed E-state index contributed by atoms with van der Waals surface area (Å²) in [5, 5.41) is 22.3. The van der Waals surface area contributed by atoms with E-state index in [1.807, 2.05) is 30.3 Å². The van der Waals surface area contributed by atoms with Crippen molar-refractivity contribution in [3.63, 3.8) is 0 Å². The number of para-hydroxylation sites is 1. The van der Waals surface area contributed by atoms with Crippen LogP contribution in [0.25, 0.3) is 5.69 Å². The average Bonchev–Trinajstić information content (AvgIpc) is 2.78. The first-order valence-electron chi connectivity index (χ1n) is 5.16. The third-order valence-corrected chi connectivity index (χ3v) is 2.38. The largest absolute Gasteiger partial charge is 0.481 e. The molecule has 2 aromatic rings. The number of aromatic nitrogens is 2. The summed E-state index contributed by atoms with van der Waals surface area (Å²) in [4.78, 5) is 10.5. The number of benzene rings is 1. The van der Waals surface area contributed by atoms with Gasteiger partial charge in [0.1, 0.15) is 0 Å². The van der Waals surface area contributed by atoms with Crippen molar-refractivity contribution < 1.29 is 15.0 Å². The van der Waals surface area contributed by atoms with Crippen molar-refractivity contribution in [1.82, 2.24) is 9.78 Å². The molecule has 1 aromatic carbocycles. The maximum atomic E-state index is 10.5. The molecule has 0 unspecified atom stereocenters. The standard InChI is InChI=1S/C12H12N2O3/c15-11(6-12(16)17)9-7-13-14(8-9)10-4-2-1-3-5-10/h1-5,7-8,11,15H,6H2,(H,16,17)/t11-/m0/s1. The Kier molecular flexibility index (Phi) is 3.20. The Labute approximate surface area is 97.9 Å². The minimum Gasteiger partial charge on any atom is -0.481 e. The molecule has 0 amide bonds. The number of hydrogen-bond acceptors (Lipinski definition) is 3. The highest BCUT2D eigenvalue weighted by atomic mass is 16.4. The zero-order valence-corrected chi connectivity index (χ0v) is 9.02. The molecule has 1 atom stereocenters. The molecule has 5 heteroatoms. The molecule has 0 saturated carbocycles. The maximum Gasteiger partial charge on any atom is 0.306 e. The van der Waals surface area contributed by atoms with E-state index in [9.17, 15) is 9.90 Å². The molecule has 17 heavy (non-hydrogen) atoms. The van der Waals surface area contributed by atoms with Crippen LogP contribution in [0.15, 0.2) is 42.7 Å². The highest BCUT2D eigenvalue weighted by molar-refractivity contribution is 5.67. The van der Waals surface area contributed by atoms with E-state index in [4.69, 9.17) is 5.11 Å². The molecule has 0 fully saturated rings. The number of nitrogens with zero attached hydrogens (tertiary/aromatic N) is 2. The van der Waals surface area contributed by atoms with Crippen molar-refractivity contribution in [3.8, 4) is 5.69 Å². The van der Waals surface area contributed by atoms with Crippen molar-refractivity contribution in [2.45, 2.75) is 12.5 Å². The van der Waals surface area contributed by atoms with Gasteiger partial charge >= 0.3 is 5.97 Å². The van der Waals surface area contributed by atoms with Gasteiger partial charge in [-0.3, -0.25) is 4.79 Å². The van der Waals surface area contributed by atoms with Gasteiger partial charge in [-0.2, -0.15) is 5.10 Å². The molecule has 5 nitrogen and oxygen atoms in total. The van der Waals surface area contributed by atoms with E-state index in [2.05, 4.69) is 5.10 Å². The Morgan fingerprint density at radius 1 is 1.35 bits per heavy atom. The van der Waals surface area contributed by atoms with Crippen LogP contribution in [0.3, 0.4) is 0 Å². The molecule has 0 aliphatic rings. The Balaban J connectivity index is 2.19. The molecule has 2 rings (SSSR count). The van der Waals surface area contributed by atoms with E-state index in [1.165, 1.54) is 6.20 Å². The molecule has 1 aromatic heterocycles. The highest BCUT2D eigenvalue weighted by Gasteiger charge is 2.14. The minimum atomic E-state index is -1.04. The van der Waals surface area contributed by atoms with Gasteiger partial charge in [0.15, 0.2) is 0 Å². The van der Waals surface area contributed by atoms with Gasteiger partial charge in [0.2, 0.25) is 0 Å². The van der Waals surface area contributed by atoms with E-state index in [-0.39, 0.29) is 6.42 Å². The molecule has 2 N–H and O–H groups in total. The van der Waals surface area contributed by atoms with Gasteiger partial charge in [-0.1, -0.05) is 18.2 Å². The lowest BCUT2D eigenvalue weighted by Crippen LogP contribution is -2.04. The first kappa shape index (κ1) is 11.3. The zero-order valence-electron chi connectivity index (χ0n) is 9.02. The number of aliphatic hydroxyl groups excluding tert-OH is 1. The monoisotopic (exact) mass is 232 g/mol. The third kappa shape index (κ3) is 2.70. The SMILES string of the molecule is O=C(O)C[C@H](O)c1cnn(-c2ccccc2)c1. The lowest BCUT2D eigenvalue weighted by Gasteiger charge is -2.03. The summed E-state index contributed by atoms with van der Waals surface area (Å²) < 4.78 is 1.60. The van der Waals surface area contributed by atoms with Crippen LogP contribution in [0.2, 0.25) is 0 Å². The van der Waals surface area contributed by atoms with E-state index >= 15 is 0 Å². The first-order chi connectivity index (χ1) is 8.16. The van der Waals surface area contributed by atoms with E-state index in [0.717, 1.165) is 5.69 Å². The molecule has 0 bridgehead atoms. The number of rotatable bonds is 4. The fourth-order valence-corrected chi connectivity index (χ4v) is 1.51. The fourth-order valence-electron chi connectivity index (χ4n) is 1.51. The highest BCUT2D eigenvalue weighted by Crippen LogP contribution is 2.17. The number of carbonyl (C=O) groups is 1. The van der Waals surface area contributed by atoms with Crippen LogP contribution in [0.1, 0.15) is 18.1 Å². The van der Waals surface area contributed by atoms with Crippen LogP contribution in [-0.4, -0.2) is 26.0 Å². The molecule has 1 heterocycles. The predicted molar refractivity (Wildman–Crippen MR) is 60.8 cm³/mol. The minimum absolute atomic E-state index is 0.319. The summed E-state index contributed by atoms with van der Waals surface area (Å²) in [5.74, 6) is -1.04. The molecule has 0 aliphatic heterocycles. The average molecular weight is 232 g/mol. The Morgan fingerprint density at radius 2 is 2.06 bits per heavy atom. The van der Waals surface area contributed by atoms with E-state index in [0.29, 0.717) is 5.56 Å². The van der Waals surface area contributed by atoms with E-state index < -0.39 is 12.1 Å². The molecule has 88 valence electrons. The topological polar surface area (TPSA) is 75.3 Å². The van der Waals surface area contributed by atoms with Crippen LogP contribution in [0.5, 0.6) is 0 Å². The van der Waals surface area contributed by atoms with Crippen molar-refractivity contribution in [2.75, 3.05) is 0 Å². The Morgan fingerprint density at radius 3 is 2.71 bits per heavy atom. The summed E-state index contributed by atoms with van der Waals surface area (Å²) in [5.41, 5.74) is 1.36. The van der Waals surface area contributed by atoms with Crippen LogP contribution >= 0.6 is 0 Å². The van der Waals surface area contributed by atoms with Gasteiger partial charge in [-0.05, 0) is 12.1 Å². The lowest BCUT2D eigenvalue weighted by molar-refractivity contribution is -0.139. The summed E-state index contributed by atoms with van der Waals surface area (Å²) in [7, 11) is 0. The summed E-state index contributed by atoms with van der Waals surface area (Å²) in [6, 6.07) is 9.41. The number of aliphatic carboxylic acids is 1. The zero-order chi connectivity index (χ0) is 12.3. The fraction of sp³-hybridized carbons (Fsp3) is 0.167. The molecular weight excluding hydrogens is 220 g/mol. The number of carboxylic acids is 1. The van der Waals surface area contributed by atoms with E-state index in [1.54, 1.807) is 10.9 Å². The Bertz CT molecular complexity index is 507. The second-order valence-corrected chi connectivity index (χ2v) is 3.67.